The van der Waals surface area contributed by atoms with E-state index in [4.69, 9.17) is 0 Å². The van der Waals surface area contributed by atoms with Crippen LogP contribution >= 0.6 is 0 Å². The largest absolute Gasteiger partial charge is 0.355 e. The van der Waals surface area contributed by atoms with Gasteiger partial charge in [0.15, 0.2) is 0 Å². The summed E-state index contributed by atoms with van der Waals surface area (Å²) in [5.74, 6) is 0.00783. The quantitative estimate of drug-likeness (QED) is 0.759. The molecule has 0 unspecified atom stereocenters. The van der Waals surface area contributed by atoms with Crippen LogP contribution in [0.25, 0.3) is 5.69 Å². The number of carbonyl (C=O) groups is 1. The van der Waals surface area contributed by atoms with Gasteiger partial charge in [-0.3, -0.25) is 9.78 Å². The van der Waals surface area contributed by atoms with Gasteiger partial charge in [-0.15, -0.1) is 0 Å². The molecular weight excluding hydrogens is 288 g/mol. The number of rotatable bonds is 6. The van der Waals surface area contributed by atoms with Crippen LogP contribution in [0.3, 0.4) is 0 Å². The summed E-state index contributed by atoms with van der Waals surface area (Å²) in [7, 11) is 0. The number of benzene rings is 1. The molecule has 0 bridgehead atoms. The van der Waals surface area contributed by atoms with Crippen molar-refractivity contribution in [1.82, 2.24) is 20.1 Å². The van der Waals surface area contributed by atoms with E-state index in [1.807, 2.05) is 59.5 Å². The van der Waals surface area contributed by atoms with Crippen LogP contribution in [0.5, 0.6) is 0 Å². The maximum Gasteiger partial charge on any atom is 0.224 e. The van der Waals surface area contributed by atoms with Gasteiger partial charge in [0.1, 0.15) is 0 Å². The number of hydrogen-bond acceptors (Lipinski definition) is 3. The second kappa shape index (κ2) is 7.35. The van der Waals surface area contributed by atoms with Crippen molar-refractivity contribution < 1.29 is 4.79 Å². The fourth-order valence-corrected chi connectivity index (χ4v) is 2.31. The third kappa shape index (κ3) is 4.26. The third-order valence-electron chi connectivity index (χ3n) is 3.48. The molecule has 5 heteroatoms. The predicted octanol–water partition coefficient (Wildman–Crippen LogP) is 2.17. The van der Waals surface area contributed by atoms with E-state index < -0.39 is 0 Å². The molecule has 0 aliphatic rings. The molecule has 0 radical (unpaired) electrons. The first-order chi connectivity index (χ1) is 11.3. The van der Waals surface area contributed by atoms with E-state index in [1.54, 1.807) is 12.4 Å². The second-order valence-corrected chi connectivity index (χ2v) is 5.27. The SMILES string of the molecule is O=C(Cc1cccnc1)NCCc1cnn(-c2ccccc2)c1. The summed E-state index contributed by atoms with van der Waals surface area (Å²) in [6.07, 6.45) is 8.35. The Morgan fingerprint density at radius 1 is 1.04 bits per heavy atom. The highest BCUT2D eigenvalue weighted by atomic mass is 16.1. The van der Waals surface area contributed by atoms with Gasteiger partial charge < -0.3 is 5.32 Å². The lowest BCUT2D eigenvalue weighted by molar-refractivity contribution is -0.120. The van der Waals surface area contributed by atoms with Crippen molar-refractivity contribution >= 4 is 5.91 Å². The van der Waals surface area contributed by atoms with Crippen molar-refractivity contribution in [3.05, 3.63) is 78.4 Å². The molecule has 116 valence electrons. The number of para-hydroxylation sites is 1. The lowest BCUT2D eigenvalue weighted by Crippen LogP contribution is -2.27. The molecule has 2 aromatic heterocycles. The van der Waals surface area contributed by atoms with Crippen molar-refractivity contribution in [2.75, 3.05) is 6.54 Å². The lowest BCUT2D eigenvalue weighted by Gasteiger charge is -2.04. The number of nitrogens with one attached hydrogen (secondary N) is 1. The van der Waals surface area contributed by atoms with E-state index in [2.05, 4.69) is 15.4 Å². The second-order valence-electron chi connectivity index (χ2n) is 5.27. The average Bonchev–Trinajstić information content (AvgIpc) is 3.05. The summed E-state index contributed by atoms with van der Waals surface area (Å²) in [6, 6.07) is 13.7. The Kier molecular flexibility index (Phi) is 4.79. The van der Waals surface area contributed by atoms with Crippen LogP contribution in [-0.2, 0) is 17.6 Å². The van der Waals surface area contributed by atoms with Crippen LogP contribution in [0.15, 0.2) is 67.3 Å². The van der Waals surface area contributed by atoms with Gasteiger partial charge >= 0.3 is 0 Å². The Bertz CT molecular complexity index is 753. The summed E-state index contributed by atoms with van der Waals surface area (Å²) < 4.78 is 1.84. The highest BCUT2D eigenvalue weighted by Gasteiger charge is 2.04. The molecule has 0 atom stereocenters. The molecule has 0 fully saturated rings. The van der Waals surface area contributed by atoms with Gasteiger partial charge in [0.05, 0.1) is 18.3 Å². The Hall–Kier alpha value is -2.95. The van der Waals surface area contributed by atoms with E-state index in [-0.39, 0.29) is 5.91 Å². The van der Waals surface area contributed by atoms with Crippen LogP contribution in [0, 0.1) is 0 Å². The minimum Gasteiger partial charge on any atom is -0.355 e. The fourth-order valence-electron chi connectivity index (χ4n) is 2.31. The summed E-state index contributed by atoms with van der Waals surface area (Å²) in [4.78, 5) is 15.9. The van der Waals surface area contributed by atoms with Gasteiger partial charge in [0.2, 0.25) is 5.91 Å². The van der Waals surface area contributed by atoms with Crippen LogP contribution in [-0.4, -0.2) is 27.2 Å². The molecule has 5 nitrogen and oxygen atoms in total. The van der Waals surface area contributed by atoms with Gasteiger partial charge in [-0.05, 0) is 35.7 Å². The number of carbonyl (C=O) groups excluding carboxylic acids is 1. The standard InChI is InChI=1S/C18H18N4O/c23-18(11-15-5-4-9-19-12-15)20-10-8-16-13-21-22(14-16)17-6-2-1-3-7-17/h1-7,9,12-14H,8,10-11H2,(H,20,23). The monoisotopic (exact) mass is 306 g/mol. The van der Waals surface area contributed by atoms with E-state index in [0.29, 0.717) is 13.0 Å². The predicted molar refractivity (Wildman–Crippen MR) is 88.2 cm³/mol. The molecule has 3 rings (SSSR count). The normalized spacial score (nSPS) is 10.4. The van der Waals surface area contributed by atoms with Crippen molar-refractivity contribution in [2.45, 2.75) is 12.8 Å². The molecule has 1 aromatic carbocycles. The summed E-state index contributed by atoms with van der Waals surface area (Å²) in [6.45, 7) is 0.597. The Morgan fingerprint density at radius 3 is 2.70 bits per heavy atom. The molecule has 0 saturated heterocycles. The first-order valence-corrected chi connectivity index (χ1v) is 7.56. The van der Waals surface area contributed by atoms with Crippen molar-refractivity contribution in [2.24, 2.45) is 0 Å². The van der Waals surface area contributed by atoms with Gasteiger partial charge in [0.25, 0.3) is 0 Å². The van der Waals surface area contributed by atoms with E-state index >= 15 is 0 Å². The number of aromatic nitrogens is 3. The summed E-state index contributed by atoms with van der Waals surface area (Å²) >= 11 is 0. The molecule has 1 N–H and O–H groups in total. The van der Waals surface area contributed by atoms with Crippen molar-refractivity contribution in [3.63, 3.8) is 0 Å². The van der Waals surface area contributed by atoms with Crippen LogP contribution in [0.4, 0.5) is 0 Å². The highest BCUT2D eigenvalue weighted by Crippen LogP contribution is 2.07. The molecular formula is C18H18N4O. The van der Waals surface area contributed by atoms with Gasteiger partial charge in [-0.2, -0.15) is 5.10 Å². The number of nitrogens with zero attached hydrogens (tertiary/aromatic N) is 3. The maximum atomic E-state index is 11.9. The van der Waals surface area contributed by atoms with E-state index in [1.165, 1.54) is 0 Å². The Labute approximate surface area is 135 Å². The zero-order chi connectivity index (χ0) is 15.9. The van der Waals surface area contributed by atoms with Crippen LogP contribution in [0.2, 0.25) is 0 Å². The van der Waals surface area contributed by atoms with Crippen LogP contribution < -0.4 is 5.32 Å². The topological polar surface area (TPSA) is 59.8 Å². The van der Waals surface area contributed by atoms with Crippen LogP contribution in [0.1, 0.15) is 11.1 Å². The van der Waals surface area contributed by atoms with Gasteiger partial charge in [-0.1, -0.05) is 24.3 Å². The molecule has 0 aliphatic carbocycles. The molecule has 3 aromatic rings. The zero-order valence-electron chi connectivity index (χ0n) is 12.7. The van der Waals surface area contributed by atoms with E-state index in [0.717, 1.165) is 23.2 Å². The first kappa shape index (κ1) is 15.0. The number of amides is 1. The minimum absolute atomic E-state index is 0.00783. The van der Waals surface area contributed by atoms with Gasteiger partial charge in [-0.25, -0.2) is 4.68 Å². The smallest absolute Gasteiger partial charge is 0.224 e. The molecule has 2 heterocycles. The third-order valence-corrected chi connectivity index (χ3v) is 3.48. The number of hydrogen-bond donors (Lipinski definition) is 1. The van der Waals surface area contributed by atoms with Crippen molar-refractivity contribution in [3.8, 4) is 5.69 Å². The van der Waals surface area contributed by atoms with E-state index in [9.17, 15) is 4.79 Å². The average molecular weight is 306 g/mol. The zero-order valence-corrected chi connectivity index (χ0v) is 12.7. The van der Waals surface area contributed by atoms with Crippen molar-refractivity contribution in [1.29, 1.82) is 0 Å². The maximum absolute atomic E-state index is 11.9. The highest BCUT2D eigenvalue weighted by molar-refractivity contribution is 5.78. The molecule has 23 heavy (non-hydrogen) atoms. The Morgan fingerprint density at radius 2 is 1.91 bits per heavy atom. The first-order valence-electron chi connectivity index (χ1n) is 7.56. The number of pyridine rings is 1. The Balaban J connectivity index is 1.48. The lowest BCUT2D eigenvalue weighted by atomic mass is 10.2. The molecule has 0 spiro atoms. The minimum atomic E-state index is 0.00783. The molecule has 0 aliphatic heterocycles. The molecule has 1 amide bonds. The summed E-state index contributed by atoms with van der Waals surface area (Å²) in [5, 5.41) is 7.27. The molecule has 0 saturated carbocycles. The van der Waals surface area contributed by atoms with Gasteiger partial charge in [0, 0.05) is 25.1 Å². The summed E-state index contributed by atoms with van der Waals surface area (Å²) in [5.41, 5.74) is 3.04. The fraction of sp³-hybridized carbons (Fsp3) is 0.167.